The molecule has 0 aliphatic carbocycles. The van der Waals surface area contributed by atoms with Crippen molar-refractivity contribution in [2.24, 2.45) is 0 Å². The highest BCUT2D eigenvalue weighted by Gasteiger charge is 2.15. The van der Waals surface area contributed by atoms with Gasteiger partial charge in [-0.25, -0.2) is 9.59 Å². The third-order valence-electron chi connectivity index (χ3n) is 2.08. The molecule has 19 heavy (non-hydrogen) atoms. The summed E-state index contributed by atoms with van der Waals surface area (Å²) in [5, 5.41) is 22.7. The third-order valence-corrected chi connectivity index (χ3v) is 2.08. The van der Waals surface area contributed by atoms with E-state index in [2.05, 4.69) is 0 Å². The maximum absolute atomic E-state index is 11.4. The van der Waals surface area contributed by atoms with E-state index in [4.69, 9.17) is 0 Å². The highest BCUT2D eigenvalue weighted by Crippen LogP contribution is 2.20. The zero-order valence-electron chi connectivity index (χ0n) is 8.99. The van der Waals surface area contributed by atoms with Gasteiger partial charge in [0, 0.05) is 0 Å². The van der Waals surface area contributed by atoms with Gasteiger partial charge in [-0.15, -0.1) is 0 Å². The summed E-state index contributed by atoms with van der Waals surface area (Å²) < 4.78 is 0. The molecule has 2 aromatic heterocycles. The van der Waals surface area contributed by atoms with E-state index in [0.29, 0.717) is 0 Å². The van der Waals surface area contributed by atoms with Crippen molar-refractivity contribution in [2.45, 2.75) is 0 Å². The number of nitrogens with one attached hydrogen (secondary N) is 5. The predicted molar refractivity (Wildman–Crippen MR) is 60.4 cm³/mol. The van der Waals surface area contributed by atoms with Gasteiger partial charge >= 0.3 is 11.4 Å². The van der Waals surface area contributed by atoms with Crippen molar-refractivity contribution in [1.82, 2.24) is 19.9 Å². The Kier molecular flexibility index (Phi) is 2.71. The Morgan fingerprint density at radius 1 is 0.789 bits per heavy atom. The lowest BCUT2D eigenvalue weighted by atomic mass is 10.4. The van der Waals surface area contributed by atoms with E-state index in [1.54, 1.807) is 15.0 Å². The van der Waals surface area contributed by atoms with Crippen LogP contribution in [0.4, 0.5) is 11.4 Å². The minimum atomic E-state index is -1.08. The molecule has 0 aliphatic heterocycles. The summed E-state index contributed by atoms with van der Waals surface area (Å²) in [6, 6.07) is 0. The van der Waals surface area contributed by atoms with Crippen molar-refractivity contribution >= 4 is 11.4 Å². The van der Waals surface area contributed by atoms with Crippen LogP contribution in [0.1, 0.15) is 0 Å². The molecule has 6 N–H and O–H groups in total. The summed E-state index contributed by atoms with van der Waals surface area (Å²) in [6.45, 7) is 0. The Morgan fingerprint density at radius 3 is 1.84 bits per heavy atom. The highest BCUT2D eigenvalue weighted by atomic mass is 16.3. The van der Waals surface area contributed by atoms with Gasteiger partial charge in [-0.1, -0.05) is 0 Å². The van der Waals surface area contributed by atoms with E-state index in [1.807, 2.05) is 10.3 Å². The van der Waals surface area contributed by atoms with Gasteiger partial charge in [-0.2, -0.15) is 0 Å². The first kappa shape index (κ1) is 12.2. The minimum absolute atomic E-state index is 0.616. The van der Waals surface area contributed by atoms with Crippen LogP contribution in [0.3, 0.4) is 0 Å². The minimum Gasteiger partial charge on any atom is -0.493 e. The molecule has 0 saturated heterocycles. The molecule has 0 spiro atoms. The summed E-state index contributed by atoms with van der Waals surface area (Å²) >= 11 is 0. The van der Waals surface area contributed by atoms with Gasteiger partial charge in [0.2, 0.25) is 5.88 Å². The largest absolute Gasteiger partial charge is 0.493 e. The maximum atomic E-state index is 11.4. The molecular weight excluding hydrogens is 262 g/mol. The lowest BCUT2D eigenvalue weighted by Gasteiger charge is -2.05. The van der Waals surface area contributed by atoms with E-state index in [1.165, 1.54) is 0 Å². The topological polar surface area (TPSA) is 184 Å². The molecule has 2 aromatic rings. The zero-order chi connectivity index (χ0) is 14.2. The van der Waals surface area contributed by atoms with E-state index in [0.717, 1.165) is 0 Å². The number of aromatic hydroxyl groups is 1. The molecule has 0 aromatic carbocycles. The van der Waals surface area contributed by atoms with Crippen molar-refractivity contribution in [3.63, 3.8) is 0 Å². The summed E-state index contributed by atoms with van der Waals surface area (Å²) in [5.41, 5.74) is -5.42. The first-order valence-corrected chi connectivity index (χ1v) is 4.74. The molecular formula is C8H6N5O6. The van der Waals surface area contributed by atoms with Crippen LogP contribution in [0, 0.1) is 0 Å². The lowest BCUT2D eigenvalue weighted by Crippen LogP contribution is -2.27. The van der Waals surface area contributed by atoms with Crippen LogP contribution >= 0.6 is 0 Å². The fourth-order valence-electron chi connectivity index (χ4n) is 1.29. The number of aromatic nitrogens is 4. The first-order valence-electron chi connectivity index (χ1n) is 4.74. The molecule has 1 radical (unpaired) electrons. The zero-order valence-corrected chi connectivity index (χ0v) is 8.99. The number of anilines is 2. The standard InChI is InChI=1S/C8H6N5O6/c14-3-1(4(15)11-7(18)10-3)9-2-5(16)12-8(19)13-6(2)17/h9H,(H2,10,11,14,18)(H3,12,13,16,17,19). The fourth-order valence-corrected chi connectivity index (χ4v) is 1.29. The lowest BCUT2D eigenvalue weighted by molar-refractivity contribution is 0.337. The molecule has 11 nitrogen and oxygen atoms in total. The van der Waals surface area contributed by atoms with Gasteiger partial charge < -0.3 is 10.4 Å². The molecule has 0 aliphatic rings. The number of rotatable bonds is 2. The van der Waals surface area contributed by atoms with E-state index < -0.39 is 45.6 Å². The first-order chi connectivity index (χ1) is 8.88. The Balaban J connectivity index is 2.61. The fraction of sp³-hybridized carbons (Fsp3) is 0. The monoisotopic (exact) mass is 268 g/mol. The molecule has 0 unspecified atom stereocenters. The number of H-pyrrole nitrogens is 4. The predicted octanol–water partition coefficient (Wildman–Crippen LogP) is -1.97. The molecule has 99 valence electrons. The van der Waals surface area contributed by atoms with Crippen LogP contribution in [0.5, 0.6) is 11.8 Å². The Hall–Kier alpha value is -3.24. The maximum Gasteiger partial charge on any atom is 0.328 e. The summed E-state index contributed by atoms with van der Waals surface area (Å²) in [5.74, 6) is -1.95. The van der Waals surface area contributed by atoms with E-state index >= 15 is 0 Å². The molecule has 0 atom stereocenters. The smallest absolute Gasteiger partial charge is 0.328 e. The number of hydrogen-bond donors (Lipinski definition) is 6. The molecule has 0 amide bonds. The van der Waals surface area contributed by atoms with Crippen molar-refractivity contribution in [2.75, 3.05) is 5.32 Å². The number of hydrogen-bond acceptors (Lipinski definition) is 6. The van der Waals surface area contributed by atoms with Crippen molar-refractivity contribution in [1.29, 1.82) is 0 Å². The van der Waals surface area contributed by atoms with Crippen LogP contribution in [0.25, 0.3) is 0 Å². The second kappa shape index (κ2) is 4.21. The summed E-state index contributed by atoms with van der Waals surface area (Å²) in [4.78, 5) is 51.5. The quantitative estimate of drug-likeness (QED) is 0.367. The van der Waals surface area contributed by atoms with Crippen molar-refractivity contribution in [3.05, 3.63) is 41.7 Å². The van der Waals surface area contributed by atoms with Crippen LogP contribution in [-0.2, 0) is 5.11 Å². The molecule has 2 heterocycles. The summed E-state index contributed by atoms with van der Waals surface area (Å²) in [7, 11) is 0. The van der Waals surface area contributed by atoms with Gasteiger partial charge in [-0.3, -0.25) is 34.6 Å². The average Bonchev–Trinajstić information content (AvgIpc) is 2.25. The second-order valence-electron chi connectivity index (χ2n) is 3.37. The van der Waals surface area contributed by atoms with Crippen molar-refractivity contribution < 1.29 is 10.2 Å². The van der Waals surface area contributed by atoms with Gasteiger partial charge in [0.1, 0.15) is 0 Å². The molecule has 0 saturated carbocycles. The molecule has 0 bridgehead atoms. The SMILES string of the molecule is [O]c1[nH]c(=O)[nH]c(=O)c1Nc1c(O)[nH]c(=O)[nH]c1=O. The van der Waals surface area contributed by atoms with Gasteiger partial charge in [-0.05, 0) is 0 Å². The normalized spacial score (nSPS) is 10.3. The Bertz CT molecular complexity index is 784. The Labute approximate surface area is 101 Å². The van der Waals surface area contributed by atoms with Crippen LogP contribution in [0.15, 0.2) is 19.2 Å². The van der Waals surface area contributed by atoms with Crippen molar-refractivity contribution in [3.8, 4) is 11.8 Å². The van der Waals surface area contributed by atoms with E-state index in [-0.39, 0.29) is 0 Å². The second-order valence-corrected chi connectivity index (χ2v) is 3.37. The van der Waals surface area contributed by atoms with Crippen LogP contribution in [0.2, 0.25) is 0 Å². The van der Waals surface area contributed by atoms with E-state index in [9.17, 15) is 29.4 Å². The highest BCUT2D eigenvalue weighted by molar-refractivity contribution is 5.65. The van der Waals surface area contributed by atoms with Gasteiger partial charge in [0.25, 0.3) is 17.0 Å². The third kappa shape index (κ3) is 2.24. The average molecular weight is 268 g/mol. The van der Waals surface area contributed by atoms with Crippen LogP contribution < -0.4 is 27.8 Å². The van der Waals surface area contributed by atoms with Crippen LogP contribution in [-0.4, -0.2) is 25.0 Å². The summed E-state index contributed by atoms with van der Waals surface area (Å²) in [6.07, 6.45) is 0. The molecule has 0 fully saturated rings. The molecule has 11 heteroatoms. The molecule has 2 rings (SSSR count). The number of aromatic amines is 4. The van der Waals surface area contributed by atoms with Gasteiger partial charge in [0.05, 0.1) is 0 Å². The van der Waals surface area contributed by atoms with Gasteiger partial charge in [0.15, 0.2) is 11.4 Å². The Morgan fingerprint density at radius 2 is 1.32 bits per heavy atom.